The first kappa shape index (κ1) is 14.5. The second kappa shape index (κ2) is 5.61. The molecule has 2 fully saturated rings. The average Bonchev–Trinajstić information content (AvgIpc) is 2.96. The number of rotatable bonds is 4. The molecule has 1 heterocycles. The van der Waals surface area contributed by atoms with Crippen LogP contribution in [0.25, 0.3) is 0 Å². The lowest BCUT2D eigenvalue weighted by molar-refractivity contribution is -0.152. The van der Waals surface area contributed by atoms with E-state index in [0.717, 1.165) is 38.6 Å². The molecule has 2 aliphatic rings. The highest BCUT2D eigenvalue weighted by Gasteiger charge is 2.41. The van der Waals surface area contributed by atoms with Gasteiger partial charge in [-0.2, -0.15) is 0 Å². The summed E-state index contributed by atoms with van der Waals surface area (Å²) in [6.07, 6.45) is 5.03. The molecule has 19 heavy (non-hydrogen) atoms. The Balaban J connectivity index is 2.03. The maximum absolute atomic E-state index is 11.9. The summed E-state index contributed by atoms with van der Waals surface area (Å²) in [6, 6.07) is 0.346. The van der Waals surface area contributed by atoms with Crippen LogP contribution in [0.1, 0.15) is 46.0 Å². The summed E-state index contributed by atoms with van der Waals surface area (Å²) in [5.74, 6) is 0.458. The van der Waals surface area contributed by atoms with Crippen LogP contribution in [0.5, 0.6) is 0 Å². The van der Waals surface area contributed by atoms with Crippen LogP contribution in [0.2, 0.25) is 0 Å². The van der Waals surface area contributed by atoms with Gasteiger partial charge < -0.3 is 4.74 Å². The summed E-state index contributed by atoms with van der Waals surface area (Å²) < 4.78 is 4.87. The van der Waals surface area contributed by atoms with Gasteiger partial charge in [-0.3, -0.25) is 14.5 Å². The second-order valence-electron chi connectivity index (χ2n) is 6.52. The van der Waals surface area contributed by atoms with Crippen LogP contribution in [0.4, 0.5) is 0 Å². The van der Waals surface area contributed by atoms with Gasteiger partial charge in [0.1, 0.15) is 5.78 Å². The van der Waals surface area contributed by atoms with Crippen molar-refractivity contribution in [1.29, 1.82) is 0 Å². The highest BCUT2D eigenvalue weighted by Crippen LogP contribution is 2.35. The summed E-state index contributed by atoms with van der Waals surface area (Å²) in [6.45, 7) is 5.53. The van der Waals surface area contributed by atoms with Crippen molar-refractivity contribution in [1.82, 2.24) is 4.90 Å². The summed E-state index contributed by atoms with van der Waals surface area (Å²) in [5, 5.41) is 0. The topological polar surface area (TPSA) is 46.6 Å². The SMILES string of the molecule is COC(=O)C(C)(C)CN1CCCC1C1CCCC1=O. The minimum Gasteiger partial charge on any atom is -0.469 e. The minimum atomic E-state index is -0.501. The number of carbonyl (C=O) groups excluding carboxylic acids is 2. The second-order valence-corrected chi connectivity index (χ2v) is 6.52. The molecule has 0 aromatic carbocycles. The summed E-state index contributed by atoms with van der Waals surface area (Å²) >= 11 is 0. The van der Waals surface area contributed by atoms with E-state index in [1.807, 2.05) is 13.8 Å². The van der Waals surface area contributed by atoms with E-state index in [0.29, 0.717) is 18.4 Å². The Kier molecular flexibility index (Phi) is 4.29. The number of Topliss-reactive ketones (excluding diaryl/α,β-unsaturated/α-hetero) is 1. The molecule has 1 aliphatic heterocycles. The maximum Gasteiger partial charge on any atom is 0.312 e. The summed E-state index contributed by atoms with van der Waals surface area (Å²) in [5.41, 5.74) is -0.501. The Morgan fingerprint density at radius 1 is 1.37 bits per heavy atom. The lowest BCUT2D eigenvalue weighted by atomic mass is 9.90. The number of methoxy groups -OCH3 is 1. The highest BCUT2D eigenvalue weighted by atomic mass is 16.5. The largest absolute Gasteiger partial charge is 0.469 e. The number of likely N-dealkylation sites (tertiary alicyclic amines) is 1. The molecule has 1 saturated heterocycles. The smallest absolute Gasteiger partial charge is 0.312 e. The monoisotopic (exact) mass is 267 g/mol. The molecule has 2 rings (SSSR count). The van der Waals surface area contributed by atoms with Crippen LogP contribution in [0.3, 0.4) is 0 Å². The maximum atomic E-state index is 11.9. The molecule has 2 atom stereocenters. The number of nitrogens with zero attached hydrogens (tertiary/aromatic N) is 1. The first-order chi connectivity index (χ1) is 8.95. The average molecular weight is 267 g/mol. The molecule has 2 unspecified atom stereocenters. The van der Waals surface area contributed by atoms with Crippen molar-refractivity contribution in [3.63, 3.8) is 0 Å². The van der Waals surface area contributed by atoms with Crippen LogP contribution in [0, 0.1) is 11.3 Å². The molecule has 1 saturated carbocycles. The van der Waals surface area contributed by atoms with Crippen LogP contribution < -0.4 is 0 Å². The molecule has 0 amide bonds. The predicted octanol–water partition coefficient (Wildman–Crippen LogP) is 2.02. The minimum absolute atomic E-state index is 0.170. The van der Waals surface area contributed by atoms with E-state index in [9.17, 15) is 9.59 Å². The third kappa shape index (κ3) is 2.99. The predicted molar refractivity (Wildman–Crippen MR) is 72.7 cm³/mol. The molecule has 4 heteroatoms. The van der Waals surface area contributed by atoms with Gasteiger partial charge in [0.05, 0.1) is 12.5 Å². The molecular formula is C15H25NO3. The van der Waals surface area contributed by atoms with Gasteiger partial charge >= 0.3 is 5.97 Å². The molecule has 0 spiro atoms. The molecule has 0 aromatic heterocycles. The summed E-state index contributed by atoms with van der Waals surface area (Å²) in [7, 11) is 1.44. The van der Waals surface area contributed by atoms with Crippen molar-refractivity contribution >= 4 is 11.8 Å². The van der Waals surface area contributed by atoms with E-state index in [-0.39, 0.29) is 11.9 Å². The molecule has 0 aromatic rings. The van der Waals surface area contributed by atoms with Crippen molar-refractivity contribution in [2.45, 2.75) is 52.0 Å². The molecule has 1 aliphatic carbocycles. The van der Waals surface area contributed by atoms with E-state index in [1.54, 1.807) is 0 Å². The van der Waals surface area contributed by atoms with Crippen LogP contribution in [-0.2, 0) is 14.3 Å². The quantitative estimate of drug-likeness (QED) is 0.731. The fourth-order valence-corrected chi connectivity index (χ4v) is 3.60. The normalized spacial score (nSPS) is 28.9. The standard InChI is InChI=1S/C15H25NO3/c1-15(2,14(18)19-3)10-16-9-5-7-12(16)11-6-4-8-13(11)17/h11-12H,4-10H2,1-3H3. The summed E-state index contributed by atoms with van der Waals surface area (Å²) in [4.78, 5) is 26.1. The van der Waals surface area contributed by atoms with Crippen molar-refractivity contribution in [2.24, 2.45) is 11.3 Å². The third-order valence-electron chi connectivity index (χ3n) is 4.57. The molecule has 0 bridgehead atoms. The van der Waals surface area contributed by atoms with Gasteiger partial charge in [-0.1, -0.05) is 0 Å². The molecule has 0 radical (unpaired) electrons. The van der Waals surface area contributed by atoms with Gasteiger partial charge in [-0.15, -0.1) is 0 Å². The molecular weight excluding hydrogens is 242 g/mol. The van der Waals surface area contributed by atoms with Crippen molar-refractivity contribution in [3.05, 3.63) is 0 Å². The third-order valence-corrected chi connectivity index (χ3v) is 4.57. The Labute approximate surface area is 115 Å². The Bertz CT molecular complexity index is 364. The lowest BCUT2D eigenvalue weighted by Crippen LogP contribution is -2.45. The van der Waals surface area contributed by atoms with Crippen molar-refractivity contribution in [3.8, 4) is 0 Å². The van der Waals surface area contributed by atoms with Crippen LogP contribution in [0.15, 0.2) is 0 Å². The van der Waals surface area contributed by atoms with E-state index in [2.05, 4.69) is 4.90 Å². The Morgan fingerprint density at radius 3 is 2.68 bits per heavy atom. The van der Waals surface area contributed by atoms with Gasteiger partial charge in [0.25, 0.3) is 0 Å². The van der Waals surface area contributed by atoms with Crippen LogP contribution >= 0.6 is 0 Å². The van der Waals surface area contributed by atoms with Crippen LogP contribution in [-0.4, -0.2) is 42.9 Å². The van der Waals surface area contributed by atoms with Gasteiger partial charge in [0, 0.05) is 24.9 Å². The number of hydrogen-bond donors (Lipinski definition) is 0. The van der Waals surface area contributed by atoms with E-state index in [4.69, 9.17) is 4.74 Å². The number of hydrogen-bond acceptors (Lipinski definition) is 4. The first-order valence-corrected chi connectivity index (χ1v) is 7.31. The van der Waals surface area contributed by atoms with E-state index >= 15 is 0 Å². The molecule has 108 valence electrons. The van der Waals surface area contributed by atoms with E-state index in [1.165, 1.54) is 7.11 Å². The van der Waals surface area contributed by atoms with Crippen molar-refractivity contribution in [2.75, 3.05) is 20.2 Å². The Morgan fingerprint density at radius 2 is 2.11 bits per heavy atom. The lowest BCUT2D eigenvalue weighted by Gasteiger charge is -2.34. The van der Waals surface area contributed by atoms with Gasteiger partial charge in [0.2, 0.25) is 0 Å². The number of esters is 1. The zero-order valence-corrected chi connectivity index (χ0v) is 12.3. The van der Waals surface area contributed by atoms with Gasteiger partial charge in [-0.05, 0) is 46.1 Å². The zero-order valence-electron chi connectivity index (χ0n) is 12.3. The number of ketones is 1. The molecule has 0 N–H and O–H groups in total. The first-order valence-electron chi connectivity index (χ1n) is 7.31. The molecule has 4 nitrogen and oxygen atoms in total. The zero-order chi connectivity index (χ0) is 14.0. The highest BCUT2D eigenvalue weighted by molar-refractivity contribution is 5.83. The number of ether oxygens (including phenoxy) is 1. The van der Waals surface area contributed by atoms with E-state index < -0.39 is 5.41 Å². The van der Waals surface area contributed by atoms with Crippen molar-refractivity contribution < 1.29 is 14.3 Å². The fraction of sp³-hybridized carbons (Fsp3) is 0.867. The Hall–Kier alpha value is -0.900. The van der Waals surface area contributed by atoms with Gasteiger partial charge in [-0.25, -0.2) is 0 Å². The fourth-order valence-electron chi connectivity index (χ4n) is 3.60. The number of carbonyl (C=O) groups is 2. The van der Waals surface area contributed by atoms with Gasteiger partial charge in [0.15, 0.2) is 0 Å².